The van der Waals surface area contributed by atoms with Crippen molar-refractivity contribution in [2.24, 2.45) is 0 Å². The summed E-state index contributed by atoms with van der Waals surface area (Å²) in [5.41, 5.74) is 2.83. The van der Waals surface area contributed by atoms with E-state index in [1.165, 1.54) is 12.4 Å². The summed E-state index contributed by atoms with van der Waals surface area (Å²) in [7, 11) is 0. The van der Waals surface area contributed by atoms with E-state index in [9.17, 15) is 4.79 Å². The van der Waals surface area contributed by atoms with E-state index in [0.717, 1.165) is 16.8 Å². The molecule has 9 heteroatoms. The number of carbonyl (C=O) groups is 1. The Morgan fingerprint density at radius 1 is 1.04 bits per heavy atom. The number of hydrogen-bond donors (Lipinski definition) is 3. The van der Waals surface area contributed by atoms with Crippen LogP contribution in [0.2, 0.25) is 10.3 Å². The highest BCUT2D eigenvalue weighted by molar-refractivity contribution is 6.33. The van der Waals surface area contributed by atoms with Crippen LogP contribution in [0, 0.1) is 0 Å². The highest BCUT2D eigenvalue weighted by atomic mass is 35.5. The van der Waals surface area contributed by atoms with Crippen molar-refractivity contribution in [3.8, 4) is 0 Å². The zero-order valence-corrected chi connectivity index (χ0v) is 15.2. The Bertz CT molecular complexity index is 1010. The van der Waals surface area contributed by atoms with Gasteiger partial charge in [0.05, 0.1) is 18.1 Å². The SMILES string of the molecule is O=C(O)Nc1cncc(/C=C\c2cccc(Nc3nc(Cl)ncc3Cl)c2)c1. The number of amides is 1. The fourth-order valence-electron chi connectivity index (χ4n) is 2.22. The molecule has 0 spiro atoms. The Kier molecular flexibility index (Phi) is 5.85. The molecule has 3 N–H and O–H groups in total. The molecule has 1 amide bonds. The summed E-state index contributed by atoms with van der Waals surface area (Å²) in [6.45, 7) is 0. The van der Waals surface area contributed by atoms with Gasteiger partial charge in [0.1, 0.15) is 5.02 Å². The van der Waals surface area contributed by atoms with E-state index in [-0.39, 0.29) is 5.28 Å². The molecule has 0 aliphatic carbocycles. The Labute approximate surface area is 164 Å². The molecule has 0 atom stereocenters. The van der Waals surface area contributed by atoms with E-state index in [2.05, 4.69) is 25.6 Å². The molecule has 0 unspecified atom stereocenters. The van der Waals surface area contributed by atoms with E-state index in [0.29, 0.717) is 16.5 Å². The van der Waals surface area contributed by atoms with Crippen LogP contribution in [0.4, 0.5) is 22.0 Å². The van der Waals surface area contributed by atoms with Crippen LogP contribution in [-0.4, -0.2) is 26.2 Å². The quantitative estimate of drug-likeness (QED) is 0.509. The minimum atomic E-state index is -1.14. The topological polar surface area (TPSA) is 100 Å². The molecule has 0 aliphatic heterocycles. The normalized spacial score (nSPS) is 10.7. The summed E-state index contributed by atoms with van der Waals surface area (Å²) in [5, 5.41) is 14.6. The van der Waals surface area contributed by atoms with Gasteiger partial charge in [-0.3, -0.25) is 10.3 Å². The predicted octanol–water partition coefficient (Wildman–Crippen LogP) is 5.18. The van der Waals surface area contributed by atoms with Crippen molar-refractivity contribution in [1.29, 1.82) is 0 Å². The first-order valence-corrected chi connectivity index (χ1v) is 8.43. The molecule has 1 aromatic carbocycles. The van der Waals surface area contributed by atoms with Crippen molar-refractivity contribution in [2.75, 3.05) is 10.6 Å². The number of nitrogens with zero attached hydrogens (tertiary/aromatic N) is 3. The molecule has 0 saturated heterocycles. The fraction of sp³-hybridized carbons (Fsp3) is 0. The molecule has 3 aromatic rings. The van der Waals surface area contributed by atoms with Gasteiger partial charge in [-0.15, -0.1) is 0 Å². The third-order valence-corrected chi connectivity index (χ3v) is 3.80. The average molecular weight is 402 g/mol. The number of rotatable bonds is 5. The van der Waals surface area contributed by atoms with Crippen LogP contribution in [0.3, 0.4) is 0 Å². The van der Waals surface area contributed by atoms with Crippen molar-refractivity contribution in [3.05, 3.63) is 70.4 Å². The van der Waals surface area contributed by atoms with Gasteiger partial charge in [0.25, 0.3) is 0 Å². The standard InChI is InChI=1S/C18H13Cl2N5O2/c19-15-10-22-17(20)25-16(15)23-13-3-1-2-11(6-13)4-5-12-7-14(9-21-8-12)24-18(26)27/h1-10,24H,(H,26,27)(H,22,23,25)/b5-4-. The second-order valence-electron chi connectivity index (χ2n) is 5.36. The molecule has 136 valence electrons. The van der Waals surface area contributed by atoms with E-state index in [1.54, 1.807) is 12.3 Å². The number of benzene rings is 1. The Morgan fingerprint density at radius 2 is 1.81 bits per heavy atom. The van der Waals surface area contributed by atoms with Crippen LogP contribution in [0.5, 0.6) is 0 Å². The Hall–Kier alpha value is -3.16. The molecule has 0 aliphatic rings. The van der Waals surface area contributed by atoms with Crippen LogP contribution in [0.25, 0.3) is 12.2 Å². The third-order valence-electron chi connectivity index (χ3n) is 3.34. The molecule has 2 heterocycles. The molecule has 7 nitrogen and oxygen atoms in total. The van der Waals surface area contributed by atoms with Gasteiger partial charge in [-0.2, -0.15) is 4.98 Å². The summed E-state index contributed by atoms with van der Waals surface area (Å²) in [5.74, 6) is 0.412. The second-order valence-corrected chi connectivity index (χ2v) is 6.10. The predicted molar refractivity (Wildman–Crippen MR) is 107 cm³/mol. The fourth-order valence-corrected chi connectivity index (χ4v) is 2.49. The van der Waals surface area contributed by atoms with Gasteiger partial charge >= 0.3 is 6.09 Å². The molecule has 0 bridgehead atoms. The van der Waals surface area contributed by atoms with Crippen molar-refractivity contribution in [1.82, 2.24) is 15.0 Å². The minimum absolute atomic E-state index is 0.0975. The molecule has 27 heavy (non-hydrogen) atoms. The molecular weight excluding hydrogens is 389 g/mol. The van der Waals surface area contributed by atoms with Gasteiger partial charge in [0, 0.05) is 11.9 Å². The maximum absolute atomic E-state index is 10.7. The summed E-state index contributed by atoms with van der Waals surface area (Å²) in [6.07, 6.45) is 7.06. The van der Waals surface area contributed by atoms with Crippen LogP contribution >= 0.6 is 23.2 Å². The summed E-state index contributed by atoms with van der Waals surface area (Å²) < 4.78 is 0. The number of nitrogens with one attached hydrogen (secondary N) is 2. The number of carboxylic acid groups (broad SMARTS) is 1. The van der Waals surface area contributed by atoms with Gasteiger partial charge in [-0.1, -0.05) is 35.9 Å². The lowest BCUT2D eigenvalue weighted by atomic mass is 10.1. The Balaban J connectivity index is 1.77. The number of aromatic nitrogens is 3. The van der Waals surface area contributed by atoms with Crippen LogP contribution < -0.4 is 10.6 Å². The second kappa shape index (κ2) is 8.48. The summed E-state index contributed by atoms with van der Waals surface area (Å²) in [6, 6.07) is 9.24. The first kappa shape index (κ1) is 18.6. The number of hydrogen-bond acceptors (Lipinski definition) is 5. The molecule has 0 fully saturated rings. The van der Waals surface area contributed by atoms with Crippen LogP contribution in [0.15, 0.2) is 48.9 Å². The molecule has 3 rings (SSSR count). The number of anilines is 3. The average Bonchev–Trinajstić information content (AvgIpc) is 2.63. The maximum Gasteiger partial charge on any atom is 0.409 e. The minimum Gasteiger partial charge on any atom is -0.465 e. The highest BCUT2D eigenvalue weighted by Gasteiger charge is 2.05. The number of pyridine rings is 1. The largest absolute Gasteiger partial charge is 0.465 e. The Morgan fingerprint density at radius 3 is 2.63 bits per heavy atom. The third kappa shape index (κ3) is 5.40. The lowest BCUT2D eigenvalue weighted by molar-refractivity contribution is 0.209. The molecule has 0 saturated carbocycles. The highest BCUT2D eigenvalue weighted by Crippen LogP contribution is 2.24. The van der Waals surface area contributed by atoms with Crippen molar-refractivity contribution < 1.29 is 9.90 Å². The van der Waals surface area contributed by atoms with E-state index < -0.39 is 6.09 Å². The number of halogens is 2. The zero-order valence-electron chi connectivity index (χ0n) is 13.7. The summed E-state index contributed by atoms with van der Waals surface area (Å²) in [4.78, 5) is 22.6. The first-order chi connectivity index (χ1) is 13.0. The maximum atomic E-state index is 10.7. The van der Waals surface area contributed by atoms with Crippen molar-refractivity contribution >= 4 is 58.6 Å². The van der Waals surface area contributed by atoms with Gasteiger partial charge < -0.3 is 10.4 Å². The monoisotopic (exact) mass is 401 g/mol. The van der Waals surface area contributed by atoms with Crippen molar-refractivity contribution in [3.63, 3.8) is 0 Å². The van der Waals surface area contributed by atoms with Crippen LogP contribution in [-0.2, 0) is 0 Å². The van der Waals surface area contributed by atoms with E-state index in [4.69, 9.17) is 28.3 Å². The first-order valence-electron chi connectivity index (χ1n) is 7.68. The lowest BCUT2D eigenvalue weighted by Crippen LogP contribution is -2.07. The van der Waals surface area contributed by atoms with Gasteiger partial charge in [-0.25, -0.2) is 9.78 Å². The van der Waals surface area contributed by atoms with Gasteiger partial charge in [-0.05, 0) is 40.9 Å². The van der Waals surface area contributed by atoms with Gasteiger partial charge in [0.15, 0.2) is 5.82 Å². The molecule has 2 aromatic heterocycles. The zero-order chi connectivity index (χ0) is 19.2. The van der Waals surface area contributed by atoms with E-state index in [1.807, 2.05) is 36.4 Å². The smallest absolute Gasteiger partial charge is 0.409 e. The van der Waals surface area contributed by atoms with E-state index >= 15 is 0 Å². The van der Waals surface area contributed by atoms with Crippen LogP contribution in [0.1, 0.15) is 11.1 Å². The van der Waals surface area contributed by atoms with Gasteiger partial charge in [0.2, 0.25) is 5.28 Å². The molecule has 0 radical (unpaired) electrons. The summed E-state index contributed by atoms with van der Waals surface area (Å²) >= 11 is 11.9. The van der Waals surface area contributed by atoms with Crippen molar-refractivity contribution in [2.45, 2.75) is 0 Å². The molecular formula is C18H13Cl2N5O2. The lowest BCUT2D eigenvalue weighted by Gasteiger charge is -2.08.